The zero-order valence-electron chi connectivity index (χ0n) is 11.4. The molecule has 19 heavy (non-hydrogen) atoms. The third-order valence-corrected chi connectivity index (χ3v) is 4.21. The Morgan fingerprint density at radius 1 is 1.32 bits per heavy atom. The highest BCUT2D eigenvalue weighted by molar-refractivity contribution is 5.87. The Bertz CT molecular complexity index is 319. The minimum Gasteiger partial charge on any atom is -0.381 e. The Kier molecular flexibility index (Phi) is 4.56. The van der Waals surface area contributed by atoms with Crippen LogP contribution in [0.3, 0.4) is 0 Å². The molecule has 5 heteroatoms. The van der Waals surface area contributed by atoms with Crippen LogP contribution in [0.2, 0.25) is 0 Å². The summed E-state index contributed by atoms with van der Waals surface area (Å²) in [5, 5.41) is 0. The van der Waals surface area contributed by atoms with Crippen LogP contribution in [0.4, 0.5) is 8.78 Å². The summed E-state index contributed by atoms with van der Waals surface area (Å²) >= 11 is 0. The first-order valence-electron chi connectivity index (χ1n) is 7.10. The topological polar surface area (TPSA) is 35.5 Å². The fraction of sp³-hybridized carbons (Fsp3) is 0.929. The second-order valence-electron chi connectivity index (χ2n) is 5.63. The van der Waals surface area contributed by atoms with E-state index in [1.807, 2.05) is 6.92 Å². The maximum Gasteiger partial charge on any atom is 0.248 e. The van der Waals surface area contributed by atoms with E-state index in [1.54, 1.807) is 0 Å². The average molecular weight is 276 g/mol. The van der Waals surface area contributed by atoms with Crippen molar-refractivity contribution in [2.24, 2.45) is 5.92 Å². The summed E-state index contributed by atoms with van der Waals surface area (Å²) in [6.07, 6.45) is 1.51. The molecule has 3 nitrogen and oxygen atoms in total. The second-order valence-corrected chi connectivity index (χ2v) is 5.63. The molecular formula is C14H22F2O3. The fourth-order valence-corrected chi connectivity index (χ4v) is 3.15. The van der Waals surface area contributed by atoms with Gasteiger partial charge in [-0.1, -0.05) is 0 Å². The molecule has 0 spiro atoms. The van der Waals surface area contributed by atoms with Gasteiger partial charge < -0.3 is 9.47 Å². The van der Waals surface area contributed by atoms with Crippen molar-refractivity contribution in [2.75, 3.05) is 19.8 Å². The Morgan fingerprint density at radius 2 is 2.00 bits per heavy atom. The van der Waals surface area contributed by atoms with E-state index in [0.717, 1.165) is 0 Å². The molecule has 0 bridgehead atoms. The van der Waals surface area contributed by atoms with E-state index in [9.17, 15) is 13.6 Å². The lowest BCUT2D eigenvalue weighted by molar-refractivity contribution is -0.158. The number of hydrogen-bond donors (Lipinski definition) is 0. The smallest absolute Gasteiger partial charge is 0.248 e. The molecule has 2 fully saturated rings. The van der Waals surface area contributed by atoms with Crippen LogP contribution in [-0.4, -0.2) is 37.1 Å². The van der Waals surface area contributed by atoms with E-state index in [1.165, 1.54) is 0 Å². The number of ether oxygens (including phenoxy) is 2. The van der Waals surface area contributed by atoms with Gasteiger partial charge in [-0.15, -0.1) is 0 Å². The van der Waals surface area contributed by atoms with Crippen molar-refractivity contribution in [3.63, 3.8) is 0 Å². The van der Waals surface area contributed by atoms with Crippen LogP contribution in [0.25, 0.3) is 0 Å². The molecule has 0 aromatic rings. The van der Waals surface area contributed by atoms with E-state index in [4.69, 9.17) is 9.47 Å². The summed E-state index contributed by atoms with van der Waals surface area (Å²) in [4.78, 5) is 12.5. The van der Waals surface area contributed by atoms with Crippen molar-refractivity contribution >= 4 is 5.78 Å². The van der Waals surface area contributed by atoms with Crippen LogP contribution in [0.5, 0.6) is 0 Å². The molecule has 1 heterocycles. The largest absolute Gasteiger partial charge is 0.381 e. The molecule has 0 radical (unpaired) electrons. The minimum absolute atomic E-state index is 0.0136. The molecule has 1 aliphatic heterocycles. The molecule has 0 aromatic heterocycles. The third-order valence-electron chi connectivity index (χ3n) is 4.21. The number of ketones is 1. The molecule has 0 amide bonds. The van der Waals surface area contributed by atoms with Crippen molar-refractivity contribution < 1.29 is 23.0 Å². The quantitative estimate of drug-likeness (QED) is 0.774. The van der Waals surface area contributed by atoms with E-state index >= 15 is 0 Å². The molecule has 0 N–H and O–H groups in total. The normalized spacial score (nSPS) is 29.3. The van der Waals surface area contributed by atoms with Crippen molar-refractivity contribution in [3.05, 3.63) is 0 Å². The van der Waals surface area contributed by atoms with Crippen LogP contribution < -0.4 is 0 Å². The molecule has 1 saturated carbocycles. The first-order chi connectivity index (χ1) is 8.97. The zero-order valence-corrected chi connectivity index (χ0v) is 11.4. The van der Waals surface area contributed by atoms with Gasteiger partial charge in [0.1, 0.15) is 5.60 Å². The number of alkyl halides is 2. The van der Waals surface area contributed by atoms with Gasteiger partial charge in [-0.2, -0.15) is 0 Å². The molecule has 2 aliphatic rings. The molecule has 1 atom stereocenters. The van der Waals surface area contributed by atoms with Gasteiger partial charge in [-0.3, -0.25) is 4.79 Å². The molecule has 1 saturated heterocycles. The van der Waals surface area contributed by atoms with E-state index < -0.39 is 11.5 Å². The van der Waals surface area contributed by atoms with Gasteiger partial charge in [0.2, 0.25) is 5.92 Å². The summed E-state index contributed by atoms with van der Waals surface area (Å²) in [5.74, 6) is -2.79. The summed E-state index contributed by atoms with van der Waals surface area (Å²) < 4.78 is 37.3. The molecule has 1 unspecified atom stereocenters. The number of hydrogen-bond acceptors (Lipinski definition) is 3. The summed E-state index contributed by atoms with van der Waals surface area (Å²) in [7, 11) is 0. The lowest BCUT2D eigenvalue weighted by Crippen LogP contribution is -2.47. The predicted molar refractivity (Wildman–Crippen MR) is 66.3 cm³/mol. The van der Waals surface area contributed by atoms with Crippen LogP contribution in [-0.2, 0) is 14.3 Å². The van der Waals surface area contributed by atoms with E-state index in [0.29, 0.717) is 39.1 Å². The number of carbonyl (C=O) groups excluding carboxylic acids is 1. The fourth-order valence-electron chi connectivity index (χ4n) is 3.15. The van der Waals surface area contributed by atoms with Crippen molar-refractivity contribution in [1.82, 2.24) is 0 Å². The van der Waals surface area contributed by atoms with Crippen LogP contribution in [0.1, 0.15) is 45.4 Å². The first kappa shape index (κ1) is 14.9. The van der Waals surface area contributed by atoms with Crippen LogP contribution >= 0.6 is 0 Å². The number of halogens is 2. The Hall–Kier alpha value is -0.550. The van der Waals surface area contributed by atoms with Crippen molar-refractivity contribution in [3.8, 4) is 0 Å². The lowest BCUT2D eigenvalue weighted by atomic mass is 9.84. The molecular weight excluding hydrogens is 254 g/mol. The Labute approximate surface area is 112 Å². The summed E-state index contributed by atoms with van der Waals surface area (Å²) in [6.45, 7) is 3.33. The second kappa shape index (κ2) is 5.83. The van der Waals surface area contributed by atoms with Gasteiger partial charge in [0, 0.05) is 51.9 Å². The monoisotopic (exact) mass is 276 g/mol. The number of rotatable bonds is 5. The highest BCUT2D eigenvalue weighted by Gasteiger charge is 2.45. The minimum atomic E-state index is -2.58. The van der Waals surface area contributed by atoms with Crippen molar-refractivity contribution in [2.45, 2.75) is 57.0 Å². The highest BCUT2D eigenvalue weighted by Crippen LogP contribution is 2.41. The van der Waals surface area contributed by atoms with Crippen LogP contribution in [0.15, 0.2) is 0 Å². The third kappa shape index (κ3) is 3.51. The van der Waals surface area contributed by atoms with Gasteiger partial charge in [0.05, 0.1) is 0 Å². The Balaban J connectivity index is 1.96. The summed E-state index contributed by atoms with van der Waals surface area (Å²) in [6, 6.07) is 0. The highest BCUT2D eigenvalue weighted by atomic mass is 19.3. The van der Waals surface area contributed by atoms with Gasteiger partial charge >= 0.3 is 0 Å². The van der Waals surface area contributed by atoms with E-state index in [2.05, 4.69) is 0 Å². The lowest BCUT2D eigenvalue weighted by Gasteiger charge is -2.36. The molecule has 1 aliphatic carbocycles. The Morgan fingerprint density at radius 3 is 2.53 bits per heavy atom. The summed E-state index contributed by atoms with van der Waals surface area (Å²) in [5.41, 5.74) is -0.787. The number of Topliss-reactive ketones (excluding diaryl/α,β-unsaturated/α-hetero) is 1. The average Bonchev–Trinajstić information content (AvgIpc) is 2.70. The van der Waals surface area contributed by atoms with E-state index in [-0.39, 0.29) is 31.0 Å². The van der Waals surface area contributed by atoms with Gasteiger partial charge in [-0.05, 0) is 19.3 Å². The van der Waals surface area contributed by atoms with Crippen molar-refractivity contribution in [1.29, 1.82) is 0 Å². The van der Waals surface area contributed by atoms with Gasteiger partial charge in [0.15, 0.2) is 5.78 Å². The standard InChI is InChI=1S/C14H22F2O3/c1-2-19-13(5-7-18-8-6-13)12(17)9-11-3-4-14(15,16)10-11/h11H,2-10H2,1H3. The molecule has 110 valence electrons. The SMILES string of the molecule is CCOC1(C(=O)CC2CCC(F)(F)C2)CCOCC1. The molecule has 2 rings (SSSR count). The van der Waals surface area contributed by atoms with Gasteiger partial charge in [-0.25, -0.2) is 8.78 Å². The maximum absolute atomic E-state index is 13.2. The predicted octanol–water partition coefficient (Wildman–Crippen LogP) is 2.97. The first-order valence-corrected chi connectivity index (χ1v) is 7.10. The zero-order chi connectivity index (χ0) is 13.9. The van der Waals surface area contributed by atoms with Crippen LogP contribution in [0, 0.1) is 5.92 Å². The number of carbonyl (C=O) groups is 1. The maximum atomic E-state index is 13.2. The van der Waals surface area contributed by atoms with Gasteiger partial charge in [0.25, 0.3) is 0 Å². The molecule has 0 aromatic carbocycles.